The molecule has 2 aromatic rings. The zero-order chi connectivity index (χ0) is 15.5. The molecule has 0 radical (unpaired) electrons. The van der Waals surface area contributed by atoms with Crippen LogP contribution in [0.3, 0.4) is 0 Å². The molecule has 0 amide bonds. The Labute approximate surface area is 131 Å². The molecule has 1 N–H and O–H groups in total. The molecule has 0 fully saturated rings. The number of hydrogen-bond donors (Lipinski definition) is 1. The summed E-state index contributed by atoms with van der Waals surface area (Å²) in [4.78, 5) is 4.74. The van der Waals surface area contributed by atoms with E-state index in [1.807, 2.05) is 10.9 Å². The Kier molecular flexibility index (Phi) is 5.17. The molecule has 4 nitrogen and oxygen atoms in total. The fourth-order valence-corrected chi connectivity index (χ4v) is 3.08. The van der Waals surface area contributed by atoms with E-state index in [2.05, 4.69) is 50.4 Å². The van der Waals surface area contributed by atoms with Crippen molar-refractivity contribution in [3.63, 3.8) is 0 Å². The average molecular weight is 306 g/mol. The van der Waals surface area contributed by atoms with Gasteiger partial charge in [-0.25, -0.2) is 4.98 Å². The van der Waals surface area contributed by atoms with Crippen LogP contribution in [-0.4, -0.2) is 21.3 Å². The normalized spacial score (nSPS) is 12.0. The molecule has 0 spiro atoms. The van der Waals surface area contributed by atoms with Crippen molar-refractivity contribution in [2.75, 3.05) is 6.54 Å². The largest absolute Gasteiger partial charge is 0.313 e. The van der Waals surface area contributed by atoms with E-state index in [-0.39, 0.29) is 5.41 Å². The van der Waals surface area contributed by atoms with Crippen LogP contribution in [0.15, 0.2) is 11.6 Å². The van der Waals surface area contributed by atoms with Gasteiger partial charge in [0.15, 0.2) is 0 Å². The predicted octanol–water partition coefficient (Wildman–Crippen LogP) is 3.49. The van der Waals surface area contributed by atoms with Crippen molar-refractivity contribution in [1.82, 2.24) is 20.1 Å². The Hall–Kier alpha value is -1.20. The molecule has 2 rings (SSSR count). The highest BCUT2D eigenvalue weighted by Crippen LogP contribution is 2.24. The van der Waals surface area contributed by atoms with Crippen LogP contribution in [0.4, 0.5) is 0 Å². The molecule has 2 aromatic heterocycles. The Morgan fingerprint density at radius 1 is 1.33 bits per heavy atom. The third-order valence-corrected chi connectivity index (χ3v) is 4.39. The van der Waals surface area contributed by atoms with Crippen molar-refractivity contribution < 1.29 is 0 Å². The first kappa shape index (κ1) is 16.2. The topological polar surface area (TPSA) is 42.7 Å². The highest BCUT2D eigenvalue weighted by molar-refractivity contribution is 7.09. The molecule has 0 aliphatic rings. The molecule has 5 heteroatoms. The third-order valence-electron chi connectivity index (χ3n) is 3.55. The molecule has 0 aliphatic carbocycles. The van der Waals surface area contributed by atoms with Crippen molar-refractivity contribution in [1.29, 1.82) is 0 Å². The van der Waals surface area contributed by atoms with Gasteiger partial charge in [0, 0.05) is 28.6 Å². The minimum Gasteiger partial charge on any atom is -0.313 e. The van der Waals surface area contributed by atoms with E-state index in [0.29, 0.717) is 0 Å². The van der Waals surface area contributed by atoms with Crippen molar-refractivity contribution in [2.24, 2.45) is 0 Å². The van der Waals surface area contributed by atoms with Gasteiger partial charge in [0.2, 0.25) is 0 Å². The summed E-state index contributed by atoms with van der Waals surface area (Å²) in [5, 5.41) is 11.2. The van der Waals surface area contributed by atoms with Gasteiger partial charge in [0.1, 0.15) is 5.01 Å². The number of nitrogens with zero attached hydrogens (tertiary/aromatic N) is 3. The van der Waals surface area contributed by atoms with E-state index in [4.69, 9.17) is 4.98 Å². The minimum atomic E-state index is 0.114. The fraction of sp³-hybridized carbons (Fsp3) is 0.625. The van der Waals surface area contributed by atoms with Crippen molar-refractivity contribution >= 4 is 11.3 Å². The van der Waals surface area contributed by atoms with Gasteiger partial charge in [-0.1, -0.05) is 27.7 Å². The SMILES string of the molecule is CCCNCc1cnn(Cc2nc(C(C)(C)C)cs2)c1C. The van der Waals surface area contributed by atoms with Gasteiger partial charge in [0.25, 0.3) is 0 Å². The predicted molar refractivity (Wildman–Crippen MR) is 88.9 cm³/mol. The van der Waals surface area contributed by atoms with Crippen LogP contribution in [-0.2, 0) is 18.5 Å². The van der Waals surface area contributed by atoms with Gasteiger partial charge >= 0.3 is 0 Å². The van der Waals surface area contributed by atoms with Crippen molar-refractivity contribution in [2.45, 2.75) is 59.5 Å². The van der Waals surface area contributed by atoms with Crippen LogP contribution >= 0.6 is 11.3 Å². The van der Waals surface area contributed by atoms with E-state index in [0.717, 1.165) is 36.8 Å². The average Bonchev–Trinajstić information content (AvgIpc) is 3.00. The Morgan fingerprint density at radius 2 is 2.10 bits per heavy atom. The lowest BCUT2D eigenvalue weighted by molar-refractivity contribution is 0.567. The number of thiazole rings is 1. The van der Waals surface area contributed by atoms with Gasteiger partial charge in [-0.3, -0.25) is 4.68 Å². The van der Waals surface area contributed by atoms with Gasteiger partial charge < -0.3 is 5.32 Å². The second kappa shape index (κ2) is 6.71. The first-order valence-electron chi connectivity index (χ1n) is 7.58. The Morgan fingerprint density at radius 3 is 2.71 bits per heavy atom. The smallest absolute Gasteiger partial charge is 0.114 e. The summed E-state index contributed by atoms with van der Waals surface area (Å²) in [6, 6.07) is 0. The third kappa shape index (κ3) is 4.14. The van der Waals surface area contributed by atoms with Gasteiger partial charge in [-0.2, -0.15) is 5.10 Å². The summed E-state index contributed by atoms with van der Waals surface area (Å²) in [7, 11) is 0. The van der Waals surface area contributed by atoms with E-state index >= 15 is 0 Å². The van der Waals surface area contributed by atoms with Crippen LogP contribution in [0, 0.1) is 6.92 Å². The van der Waals surface area contributed by atoms with Crippen LogP contribution in [0.25, 0.3) is 0 Å². The fourth-order valence-electron chi connectivity index (χ4n) is 2.07. The second-order valence-electron chi connectivity index (χ2n) is 6.47. The lowest BCUT2D eigenvalue weighted by atomic mass is 9.93. The molecule has 0 aromatic carbocycles. The van der Waals surface area contributed by atoms with Crippen LogP contribution in [0.2, 0.25) is 0 Å². The van der Waals surface area contributed by atoms with Gasteiger partial charge in [0.05, 0.1) is 18.4 Å². The number of hydrogen-bond acceptors (Lipinski definition) is 4. The second-order valence-corrected chi connectivity index (χ2v) is 7.41. The lowest BCUT2D eigenvalue weighted by Gasteiger charge is -2.14. The molecule has 0 saturated heterocycles. The maximum absolute atomic E-state index is 4.74. The molecule has 116 valence electrons. The molecular formula is C16H26N4S. The molecule has 21 heavy (non-hydrogen) atoms. The maximum Gasteiger partial charge on any atom is 0.114 e. The summed E-state index contributed by atoms with van der Waals surface area (Å²) in [5.41, 5.74) is 3.78. The van der Waals surface area contributed by atoms with Crippen molar-refractivity contribution in [3.8, 4) is 0 Å². The summed E-state index contributed by atoms with van der Waals surface area (Å²) >= 11 is 1.72. The van der Waals surface area contributed by atoms with Gasteiger partial charge in [-0.05, 0) is 19.9 Å². The molecule has 0 saturated carbocycles. The number of nitrogens with one attached hydrogen (secondary N) is 1. The molecular weight excluding hydrogens is 280 g/mol. The quantitative estimate of drug-likeness (QED) is 0.831. The lowest BCUT2D eigenvalue weighted by Crippen LogP contribution is -2.14. The van der Waals surface area contributed by atoms with E-state index in [9.17, 15) is 0 Å². The summed E-state index contributed by atoms with van der Waals surface area (Å²) in [6.07, 6.45) is 3.12. The van der Waals surface area contributed by atoms with E-state index in [1.165, 1.54) is 11.3 Å². The summed E-state index contributed by atoms with van der Waals surface area (Å²) in [5.74, 6) is 0. The highest BCUT2D eigenvalue weighted by Gasteiger charge is 2.18. The Bertz CT molecular complexity index is 577. The zero-order valence-corrected chi connectivity index (χ0v) is 14.5. The van der Waals surface area contributed by atoms with Crippen LogP contribution in [0.1, 0.15) is 56.1 Å². The zero-order valence-electron chi connectivity index (χ0n) is 13.7. The highest BCUT2D eigenvalue weighted by atomic mass is 32.1. The van der Waals surface area contributed by atoms with Crippen LogP contribution in [0.5, 0.6) is 0 Å². The summed E-state index contributed by atoms with van der Waals surface area (Å²) < 4.78 is 2.05. The maximum atomic E-state index is 4.74. The standard InChI is InChI=1S/C16H26N4S/c1-6-7-17-8-13-9-18-20(12(13)2)10-15-19-14(11-21-15)16(3,4)5/h9,11,17H,6-8,10H2,1-5H3. The Balaban J connectivity index is 2.05. The van der Waals surface area contributed by atoms with Crippen LogP contribution < -0.4 is 5.32 Å². The first-order valence-corrected chi connectivity index (χ1v) is 8.46. The molecule has 0 bridgehead atoms. The number of aromatic nitrogens is 3. The minimum absolute atomic E-state index is 0.114. The van der Waals surface area contributed by atoms with E-state index < -0.39 is 0 Å². The van der Waals surface area contributed by atoms with Crippen molar-refractivity contribution in [3.05, 3.63) is 33.5 Å². The summed E-state index contributed by atoms with van der Waals surface area (Å²) in [6.45, 7) is 13.6. The first-order chi connectivity index (χ1) is 9.91. The van der Waals surface area contributed by atoms with E-state index in [1.54, 1.807) is 11.3 Å². The molecule has 0 aliphatic heterocycles. The van der Waals surface area contributed by atoms with Gasteiger partial charge in [-0.15, -0.1) is 11.3 Å². The molecule has 0 atom stereocenters. The monoisotopic (exact) mass is 306 g/mol. The molecule has 2 heterocycles. The number of rotatable bonds is 6. The molecule has 0 unspecified atom stereocenters.